The lowest BCUT2D eigenvalue weighted by Gasteiger charge is -2.14. The topological polar surface area (TPSA) is 88.7 Å². The van der Waals surface area contributed by atoms with Crippen LogP contribution in [0.1, 0.15) is 30.9 Å². The van der Waals surface area contributed by atoms with Gasteiger partial charge in [0.1, 0.15) is 11.5 Å². The number of benzene rings is 2. The summed E-state index contributed by atoms with van der Waals surface area (Å²) < 4.78 is 10.8. The van der Waals surface area contributed by atoms with Gasteiger partial charge in [-0.3, -0.25) is 25.8 Å². The van der Waals surface area contributed by atoms with Gasteiger partial charge in [0.2, 0.25) is 5.91 Å². The van der Waals surface area contributed by atoms with Gasteiger partial charge in [-0.15, -0.1) is 0 Å². The minimum atomic E-state index is -0.449. The molecule has 2 amide bonds. The van der Waals surface area contributed by atoms with Gasteiger partial charge in [0.05, 0.1) is 7.11 Å². The van der Waals surface area contributed by atoms with E-state index in [-0.39, 0.29) is 17.6 Å². The van der Waals surface area contributed by atoms with Crippen molar-refractivity contribution in [3.8, 4) is 11.5 Å². The van der Waals surface area contributed by atoms with Crippen LogP contribution in [0.2, 0.25) is 0 Å². The van der Waals surface area contributed by atoms with Gasteiger partial charge in [0, 0.05) is 11.6 Å². The lowest BCUT2D eigenvalue weighted by atomic mass is 10.0. The Morgan fingerprint density at radius 3 is 2.40 bits per heavy atom. The summed E-state index contributed by atoms with van der Waals surface area (Å²) in [7, 11) is 1.56. The summed E-state index contributed by atoms with van der Waals surface area (Å²) in [5.74, 6) is 0.687. The van der Waals surface area contributed by atoms with Gasteiger partial charge >= 0.3 is 0 Å². The number of amides is 2. The maximum absolute atomic E-state index is 12.0. The second-order valence-electron chi connectivity index (χ2n) is 6.55. The van der Waals surface area contributed by atoms with Crippen LogP contribution < -0.4 is 25.6 Å². The predicted octanol–water partition coefficient (Wildman–Crippen LogP) is 2.93. The molecule has 0 heterocycles. The molecule has 7 nitrogen and oxygen atoms in total. The summed E-state index contributed by atoms with van der Waals surface area (Å²) in [6.07, 6.45) is 2.93. The minimum Gasteiger partial charge on any atom is -0.496 e. The molecule has 0 unspecified atom stereocenters. The molecule has 0 fully saturated rings. The molecular weight excluding hydrogens is 402 g/mol. The first-order valence-electron chi connectivity index (χ1n) is 9.33. The molecule has 2 rings (SSSR count). The maximum Gasteiger partial charge on any atom is 0.276 e. The van der Waals surface area contributed by atoms with Crippen LogP contribution in [0.15, 0.2) is 54.6 Å². The Bertz CT molecular complexity index is 928. The summed E-state index contributed by atoms with van der Waals surface area (Å²) in [5, 5.41) is 2.40. The number of methoxy groups -OCH3 is 1. The number of nitrogens with one attached hydrogen (secondary N) is 3. The fourth-order valence-corrected chi connectivity index (χ4v) is 2.70. The SMILES string of the molecule is COc1ccccc1C=CC(=O)NC(=S)NNC(=O)COc1ccccc1C(C)C. The van der Waals surface area contributed by atoms with E-state index >= 15 is 0 Å². The van der Waals surface area contributed by atoms with Crippen LogP contribution in [0, 0.1) is 0 Å². The minimum absolute atomic E-state index is 0.0411. The molecular formula is C22H25N3O4S. The highest BCUT2D eigenvalue weighted by Gasteiger charge is 2.10. The first kappa shape index (κ1) is 22.9. The molecule has 0 spiro atoms. The molecule has 0 aliphatic heterocycles. The molecule has 30 heavy (non-hydrogen) atoms. The van der Waals surface area contributed by atoms with Crippen LogP contribution in [0.25, 0.3) is 6.08 Å². The van der Waals surface area contributed by atoms with Crippen LogP contribution in [0.3, 0.4) is 0 Å². The van der Waals surface area contributed by atoms with Crippen molar-refractivity contribution >= 4 is 35.2 Å². The number of hydrogen-bond donors (Lipinski definition) is 3. The van der Waals surface area contributed by atoms with Crippen LogP contribution in [-0.2, 0) is 9.59 Å². The highest BCUT2D eigenvalue weighted by atomic mass is 32.1. The first-order valence-corrected chi connectivity index (χ1v) is 9.74. The summed E-state index contributed by atoms with van der Waals surface area (Å²) in [4.78, 5) is 23.9. The molecule has 0 saturated carbocycles. The van der Waals surface area contributed by atoms with Crippen molar-refractivity contribution in [2.45, 2.75) is 19.8 Å². The maximum atomic E-state index is 12.0. The molecule has 3 N–H and O–H groups in total. The largest absolute Gasteiger partial charge is 0.496 e. The van der Waals surface area contributed by atoms with Crippen LogP contribution in [0.4, 0.5) is 0 Å². The first-order chi connectivity index (χ1) is 14.4. The second-order valence-corrected chi connectivity index (χ2v) is 6.96. The van der Waals surface area contributed by atoms with Gasteiger partial charge in [-0.05, 0) is 41.9 Å². The zero-order valence-electron chi connectivity index (χ0n) is 17.1. The van der Waals surface area contributed by atoms with Gasteiger partial charge in [-0.25, -0.2) is 0 Å². The Kier molecular flexibility index (Phi) is 8.83. The molecule has 0 aliphatic rings. The fourth-order valence-electron chi connectivity index (χ4n) is 2.55. The molecule has 2 aromatic rings. The molecule has 0 aromatic heterocycles. The quantitative estimate of drug-likeness (QED) is 0.358. The summed E-state index contributed by atoms with van der Waals surface area (Å²) in [5.41, 5.74) is 6.62. The number of rotatable bonds is 7. The fraction of sp³-hybridized carbons (Fsp3) is 0.227. The van der Waals surface area contributed by atoms with Gasteiger partial charge in [-0.2, -0.15) is 0 Å². The summed E-state index contributed by atoms with van der Waals surface area (Å²) >= 11 is 5.00. The van der Waals surface area contributed by atoms with Crippen molar-refractivity contribution < 1.29 is 19.1 Å². The number of carbonyl (C=O) groups excluding carboxylic acids is 2. The molecule has 0 radical (unpaired) electrons. The molecule has 2 aromatic carbocycles. The predicted molar refractivity (Wildman–Crippen MR) is 120 cm³/mol. The van der Waals surface area contributed by atoms with Gasteiger partial charge in [0.15, 0.2) is 11.7 Å². The van der Waals surface area contributed by atoms with E-state index in [4.69, 9.17) is 21.7 Å². The molecule has 158 valence electrons. The van der Waals surface area contributed by atoms with E-state index < -0.39 is 11.8 Å². The van der Waals surface area contributed by atoms with Gasteiger partial charge < -0.3 is 9.47 Å². The number of hydrazine groups is 1. The number of thiocarbonyl (C=S) groups is 1. The standard InChI is InChI=1S/C22H25N3O4S/c1-15(2)17-9-5-7-11-19(17)29-14-21(27)24-25-22(30)23-20(26)13-12-16-8-4-6-10-18(16)28-3/h4-13,15H,14H2,1-3H3,(H,24,27)(H2,23,25,26,30). The van der Waals surface area contributed by atoms with Crippen molar-refractivity contribution in [2.24, 2.45) is 0 Å². The third-order valence-corrected chi connectivity index (χ3v) is 4.21. The highest BCUT2D eigenvalue weighted by Crippen LogP contribution is 2.25. The average molecular weight is 428 g/mol. The number of hydrogen-bond acceptors (Lipinski definition) is 5. The smallest absolute Gasteiger partial charge is 0.276 e. The Morgan fingerprint density at radius 2 is 1.70 bits per heavy atom. The lowest BCUT2D eigenvalue weighted by Crippen LogP contribution is -2.49. The number of ether oxygens (including phenoxy) is 2. The van der Waals surface area contributed by atoms with Crippen molar-refractivity contribution in [3.63, 3.8) is 0 Å². The Morgan fingerprint density at radius 1 is 1.03 bits per heavy atom. The third-order valence-electron chi connectivity index (χ3n) is 4.01. The molecule has 0 atom stereocenters. The number of para-hydroxylation sites is 2. The lowest BCUT2D eigenvalue weighted by molar-refractivity contribution is -0.123. The van der Waals surface area contributed by atoms with E-state index in [2.05, 4.69) is 16.2 Å². The molecule has 0 aliphatic carbocycles. The van der Waals surface area contributed by atoms with Crippen LogP contribution >= 0.6 is 12.2 Å². The molecule has 0 bridgehead atoms. The Labute approximate surface area is 181 Å². The number of carbonyl (C=O) groups is 2. The van der Waals surface area contributed by atoms with Crippen molar-refractivity contribution in [1.29, 1.82) is 0 Å². The van der Waals surface area contributed by atoms with Crippen LogP contribution in [0.5, 0.6) is 11.5 Å². The van der Waals surface area contributed by atoms with E-state index in [0.717, 1.165) is 11.1 Å². The molecule has 8 heteroatoms. The van der Waals surface area contributed by atoms with E-state index in [9.17, 15) is 9.59 Å². The van der Waals surface area contributed by atoms with E-state index in [1.54, 1.807) is 19.3 Å². The van der Waals surface area contributed by atoms with Crippen molar-refractivity contribution in [1.82, 2.24) is 16.2 Å². The second kappa shape index (κ2) is 11.6. The summed E-state index contributed by atoms with van der Waals surface area (Å²) in [6.45, 7) is 3.90. The van der Waals surface area contributed by atoms with Crippen molar-refractivity contribution in [3.05, 3.63) is 65.7 Å². The van der Waals surface area contributed by atoms with E-state index in [1.807, 2.05) is 56.3 Å². The Balaban J connectivity index is 1.77. The van der Waals surface area contributed by atoms with Gasteiger partial charge in [-0.1, -0.05) is 50.2 Å². The normalized spacial score (nSPS) is 10.5. The van der Waals surface area contributed by atoms with Crippen LogP contribution in [-0.4, -0.2) is 30.6 Å². The van der Waals surface area contributed by atoms with Crippen molar-refractivity contribution in [2.75, 3.05) is 13.7 Å². The van der Waals surface area contributed by atoms with Gasteiger partial charge in [0.25, 0.3) is 5.91 Å². The zero-order valence-corrected chi connectivity index (χ0v) is 17.9. The average Bonchev–Trinajstić information content (AvgIpc) is 2.75. The zero-order chi connectivity index (χ0) is 21.9. The third kappa shape index (κ3) is 7.21. The Hall–Kier alpha value is -3.39. The summed E-state index contributed by atoms with van der Waals surface area (Å²) in [6, 6.07) is 14.8. The monoisotopic (exact) mass is 427 g/mol. The molecule has 0 saturated heterocycles. The van der Waals surface area contributed by atoms with E-state index in [0.29, 0.717) is 11.5 Å². The van der Waals surface area contributed by atoms with E-state index in [1.165, 1.54) is 6.08 Å². The highest BCUT2D eigenvalue weighted by molar-refractivity contribution is 7.80.